The van der Waals surface area contributed by atoms with Crippen LogP contribution in [0.4, 0.5) is 0 Å². The molecule has 0 radical (unpaired) electrons. The van der Waals surface area contributed by atoms with Crippen LogP contribution in [0.1, 0.15) is 73.1 Å². The summed E-state index contributed by atoms with van der Waals surface area (Å²) in [4.78, 5) is 0. The summed E-state index contributed by atoms with van der Waals surface area (Å²) in [6.07, 6.45) is 13.4. The Kier molecular flexibility index (Phi) is 4.70. The largest absolute Gasteiger partial charge is 0.120 e. The van der Waals surface area contributed by atoms with Crippen LogP contribution in [-0.4, -0.2) is 0 Å². The van der Waals surface area contributed by atoms with Gasteiger partial charge in [-0.2, -0.15) is 0 Å². The van der Waals surface area contributed by atoms with E-state index in [-0.39, 0.29) is 5.41 Å². The standard InChI is InChI=1S/C17H30/c1-7-16(6)12-11-14(5)15(16)13-17(8-2,9-3)10-4/h2,14-15H,7,9-13H2,1,3-6H3. The molecule has 0 N–H and O–H groups in total. The molecular formula is C17H30. The molecule has 0 aliphatic heterocycles. The van der Waals surface area contributed by atoms with Crippen molar-refractivity contribution >= 4 is 0 Å². The van der Waals surface area contributed by atoms with Gasteiger partial charge in [0.2, 0.25) is 0 Å². The van der Waals surface area contributed by atoms with Gasteiger partial charge < -0.3 is 0 Å². The highest BCUT2D eigenvalue weighted by atomic mass is 14.5. The molecule has 0 heteroatoms. The summed E-state index contributed by atoms with van der Waals surface area (Å²) in [7, 11) is 0. The zero-order valence-corrected chi connectivity index (χ0v) is 12.5. The van der Waals surface area contributed by atoms with Gasteiger partial charge in [0, 0.05) is 5.41 Å². The topological polar surface area (TPSA) is 0 Å². The van der Waals surface area contributed by atoms with Gasteiger partial charge in [-0.1, -0.05) is 47.0 Å². The highest BCUT2D eigenvalue weighted by Crippen LogP contribution is 2.53. The van der Waals surface area contributed by atoms with Crippen molar-refractivity contribution in [2.45, 2.75) is 73.1 Å². The third-order valence-electron chi connectivity index (χ3n) is 5.83. The number of rotatable bonds is 5. The van der Waals surface area contributed by atoms with Gasteiger partial charge in [0.05, 0.1) is 0 Å². The average Bonchev–Trinajstić information content (AvgIpc) is 2.64. The molecule has 1 aliphatic carbocycles. The third kappa shape index (κ3) is 2.70. The summed E-state index contributed by atoms with van der Waals surface area (Å²) >= 11 is 0. The van der Waals surface area contributed by atoms with Crippen molar-refractivity contribution in [3.05, 3.63) is 0 Å². The second-order valence-electron chi connectivity index (χ2n) is 6.47. The van der Waals surface area contributed by atoms with E-state index < -0.39 is 0 Å². The summed E-state index contributed by atoms with van der Waals surface area (Å²) < 4.78 is 0. The molecule has 0 spiro atoms. The molecule has 0 amide bonds. The van der Waals surface area contributed by atoms with E-state index in [1.165, 1.54) is 25.7 Å². The Balaban J connectivity index is 2.88. The van der Waals surface area contributed by atoms with Gasteiger partial charge in [-0.25, -0.2) is 0 Å². The molecule has 3 atom stereocenters. The maximum absolute atomic E-state index is 5.83. The molecule has 0 bridgehead atoms. The molecule has 0 nitrogen and oxygen atoms in total. The predicted molar refractivity (Wildman–Crippen MR) is 76.8 cm³/mol. The number of hydrogen-bond donors (Lipinski definition) is 0. The molecule has 1 rings (SSSR count). The van der Waals surface area contributed by atoms with Gasteiger partial charge >= 0.3 is 0 Å². The van der Waals surface area contributed by atoms with E-state index >= 15 is 0 Å². The first kappa shape index (κ1) is 14.6. The van der Waals surface area contributed by atoms with E-state index in [0.717, 1.165) is 24.7 Å². The quantitative estimate of drug-likeness (QED) is 0.568. The molecule has 0 aromatic carbocycles. The normalized spacial score (nSPS) is 33.6. The fourth-order valence-electron chi connectivity index (χ4n) is 3.74. The van der Waals surface area contributed by atoms with Crippen LogP contribution in [0.25, 0.3) is 0 Å². The van der Waals surface area contributed by atoms with Crippen LogP contribution >= 0.6 is 0 Å². The van der Waals surface area contributed by atoms with Crippen molar-refractivity contribution in [1.29, 1.82) is 0 Å². The molecular weight excluding hydrogens is 204 g/mol. The van der Waals surface area contributed by atoms with Gasteiger partial charge in [0.25, 0.3) is 0 Å². The maximum atomic E-state index is 5.83. The second-order valence-corrected chi connectivity index (χ2v) is 6.47. The number of terminal acetylenes is 1. The van der Waals surface area contributed by atoms with Gasteiger partial charge in [-0.05, 0) is 49.4 Å². The Morgan fingerprint density at radius 1 is 1.29 bits per heavy atom. The highest BCUT2D eigenvalue weighted by molar-refractivity contribution is 5.07. The van der Waals surface area contributed by atoms with Crippen LogP contribution in [0.5, 0.6) is 0 Å². The minimum absolute atomic E-state index is 0.152. The Morgan fingerprint density at radius 2 is 1.88 bits per heavy atom. The van der Waals surface area contributed by atoms with Crippen molar-refractivity contribution < 1.29 is 0 Å². The van der Waals surface area contributed by atoms with Crippen LogP contribution in [-0.2, 0) is 0 Å². The lowest BCUT2D eigenvalue weighted by molar-refractivity contribution is 0.128. The van der Waals surface area contributed by atoms with Crippen molar-refractivity contribution in [3.63, 3.8) is 0 Å². The van der Waals surface area contributed by atoms with E-state index in [1.54, 1.807) is 0 Å². The second kappa shape index (κ2) is 5.47. The van der Waals surface area contributed by atoms with Gasteiger partial charge in [0.1, 0.15) is 0 Å². The van der Waals surface area contributed by atoms with Crippen molar-refractivity contribution in [3.8, 4) is 12.3 Å². The van der Waals surface area contributed by atoms with E-state index in [0.29, 0.717) is 5.41 Å². The summed E-state index contributed by atoms with van der Waals surface area (Å²) in [6, 6.07) is 0. The van der Waals surface area contributed by atoms with E-state index in [2.05, 4.69) is 40.5 Å². The molecule has 98 valence electrons. The smallest absolute Gasteiger partial charge is 0.0309 e. The monoisotopic (exact) mass is 234 g/mol. The Bertz CT molecular complexity index is 279. The Hall–Kier alpha value is -0.440. The van der Waals surface area contributed by atoms with Crippen molar-refractivity contribution in [2.75, 3.05) is 0 Å². The molecule has 0 aromatic rings. The van der Waals surface area contributed by atoms with E-state index in [9.17, 15) is 0 Å². The van der Waals surface area contributed by atoms with Gasteiger partial charge in [0.15, 0.2) is 0 Å². The van der Waals surface area contributed by atoms with Crippen LogP contribution < -0.4 is 0 Å². The molecule has 0 aromatic heterocycles. The zero-order chi connectivity index (χ0) is 13.1. The lowest BCUT2D eigenvalue weighted by atomic mass is 9.65. The summed E-state index contributed by atoms with van der Waals surface area (Å²) in [5.74, 6) is 4.80. The van der Waals surface area contributed by atoms with Crippen LogP contribution in [0, 0.1) is 35.0 Å². The Labute approximate surface area is 109 Å². The summed E-state index contributed by atoms with van der Waals surface area (Å²) in [6.45, 7) is 11.8. The first-order valence-electron chi connectivity index (χ1n) is 7.44. The van der Waals surface area contributed by atoms with Crippen molar-refractivity contribution in [2.24, 2.45) is 22.7 Å². The fourth-order valence-corrected chi connectivity index (χ4v) is 3.74. The maximum Gasteiger partial charge on any atom is 0.0309 e. The van der Waals surface area contributed by atoms with E-state index in [4.69, 9.17) is 6.42 Å². The molecule has 1 saturated carbocycles. The van der Waals surface area contributed by atoms with Crippen LogP contribution in [0.15, 0.2) is 0 Å². The molecule has 0 heterocycles. The summed E-state index contributed by atoms with van der Waals surface area (Å²) in [5.41, 5.74) is 0.686. The molecule has 1 fully saturated rings. The predicted octanol–water partition coefficient (Wildman–Crippen LogP) is 5.28. The van der Waals surface area contributed by atoms with Crippen molar-refractivity contribution in [1.82, 2.24) is 0 Å². The lowest BCUT2D eigenvalue weighted by Gasteiger charge is -2.38. The molecule has 1 aliphatic rings. The van der Waals surface area contributed by atoms with Crippen LogP contribution in [0.3, 0.4) is 0 Å². The van der Waals surface area contributed by atoms with Gasteiger partial charge in [-0.15, -0.1) is 6.42 Å². The minimum atomic E-state index is 0.152. The minimum Gasteiger partial charge on any atom is -0.120 e. The molecule has 0 saturated heterocycles. The lowest BCUT2D eigenvalue weighted by Crippen LogP contribution is -2.31. The highest BCUT2D eigenvalue weighted by Gasteiger charge is 2.44. The fraction of sp³-hybridized carbons (Fsp3) is 0.882. The first-order chi connectivity index (χ1) is 7.97. The zero-order valence-electron chi connectivity index (χ0n) is 12.5. The van der Waals surface area contributed by atoms with E-state index in [1.807, 2.05) is 0 Å². The first-order valence-corrected chi connectivity index (χ1v) is 7.44. The average molecular weight is 234 g/mol. The third-order valence-corrected chi connectivity index (χ3v) is 5.83. The van der Waals surface area contributed by atoms with Crippen LogP contribution in [0.2, 0.25) is 0 Å². The van der Waals surface area contributed by atoms with Gasteiger partial charge in [-0.3, -0.25) is 0 Å². The molecule has 17 heavy (non-hydrogen) atoms. The molecule has 3 unspecified atom stereocenters. The number of hydrogen-bond acceptors (Lipinski definition) is 0. The SMILES string of the molecule is C#CC(CC)(CC)CC1C(C)CCC1(C)CC. The Morgan fingerprint density at radius 3 is 2.29 bits per heavy atom. The summed E-state index contributed by atoms with van der Waals surface area (Å²) in [5, 5.41) is 0.